The molecule has 79 heavy (non-hydrogen) atoms. The molecular formula is C73H130O6. The highest BCUT2D eigenvalue weighted by molar-refractivity contribution is 5.71. The first-order valence-electron chi connectivity index (χ1n) is 34.4. The third kappa shape index (κ3) is 65.5. The Morgan fingerprint density at radius 3 is 0.785 bits per heavy atom. The highest BCUT2D eigenvalue weighted by Crippen LogP contribution is 2.17. The van der Waals surface area contributed by atoms with Crippen molar-refractivity contribution in [3.05, 3.63) is 72.9 Å². The standard InChI is InChI=1S/C73H130O6/c1-4-7-10-13-16-19-22-25-27-29-31-32-33-34-35-36-37-38-39-40-42-43-45-48-51-54-57-60-63-66-72(75)78-69-70(68-77-71(74)65-62-59-56-53-50-47-24-21-18-15-12-9-6-3)79-73(76)67-64-61-58-55-52-49-46-44-41-30-28-26-23-20-17-14-11-8-5-2/h7,10,16,19,25-28,31-32,34-35,70H,4-6,8-9,11-15,17-18,20-24,29-30,33,36-69H2,1-3H3/b10-7-,19-16-,27-25-,28-26-,32-31-,35-34-. The van der Waals surface area contributed by atoms with Gasteiger partial charge in [-0.15, -0.1) is 0 Å². The summed E-state index contributed by atoms with van der Waals surface area (Å²) < 4.78 is 17.0. The molecule has 6 heteroatoms. The van der Waals surface area contributed by atoms with Gasteiger partial charge < -0.3 is 14.2 Å². The van der Waals surface area contributed by atoms with E-state index in [-0.39, 0.29) is 31.1 Å². The molecule has 0 amide bonds. The Kier molecular flexibility index (Phi) is 64.7. The van der Waals surface area contributed by atoms with E-state index in [1.165, 1.54) is 225 Å². The lowest BCUT2D eigenvalue weighted by Gasteiger charge is -2.18. The van der Waals surface area contributed by atoms with Crippen molar-refractivity contribution in [3.63, 3.8) is 0 Å². The van der Waals surface area contributed by atoms with Crippen LogP contribution in [0.5, 0.6) is 0 Å². The fourth-order valence-electron chi connectivity index (χ4n) is 10.1. The number of carbonyl (C=O) groups excluding carboxylic acids is 3. The van der Waals surface area contributed by atoms with Gasteiger partial charge in [-0.3, -0.25) is 14.4 Å². The van der Waals surface area contributed by atoms with Crippen LogP contribution in [0.2, 0.25) is 0 Å². The van der Waals surface area contributed by atoms with Crippen molar-refractivity contribution in [2.45, 2.75) is 361 Å². The average molecular weight is 1100 g/mol. The maximum Gasteiger partial charge on any atom is 0.306 e. The molecule has 1 atom stereocenters. The van der Waals surface area contributed by atoms with E-state index in [0.29, 0.717) is 19.3 Å². The van der Waals surface area contributed by atoms with E-state index in [0.717, 1.165) is 89.9 Å². The summed E-state index contributed by atoms with van der Waals surface area (Å²) in [5, 5.41) is 0. The van der Waals surface area contributed by atoms with Gasteiger partial charge >= 0.3 is 17.9 Å². The molecule has 0 rings (SSSR count). The van der Waals surface area contributed by atoms with E-state index in [4.69, 9.17) is 14.2 Å². The van der Waals surface area contributed by atoms with Gasteiger partial charge in [0, 0.05) is 19.3 Å². The molecule has 0 heterocycles. The van der Waals surface area contributed by atoms with Crippen LogP contribution in [-0.2, 0) is 28.6 Å². The summed E-state index contributed by atoms with van der Waals surface area (Å²) in [6.45, 7) is 6.57. The molecule has 1 unspecified atom stereocenters. The van der Waals surface area contributed by atoms with E-state index in [2.05, 4.69) is 93.7 Å². The molecule has 0 saturated carbocycles. The summed E-state index contributed by atoms with van der Waals surface area (Å²) >= 11 is 0. The SMILES string of the molecule is CC/C=C\C/C=C\C/C=C\C/C=C\C/C=C\CCCCCCCCCCCCCCCC(=O)OCC(COC(=O)CCCCCCCCCCCCCCC)OC(=O)CCCCCCCCCCC/C=C\CCCCCCCC. The van der Waals surface area contributed by atoms with Gasteiger partial charge in [0.25, 0.3) is 0 Å². The van der Waals surface area contributed by atoms with Crippen LogP contribution in [0, 0.1) is 0 Å². The molecule has 6 nitrogen and oxygen atoms in total. The molecule has 0 saturated heterocycles. The van der Waals surface area contributed by atoms with E-state index in [1.807, 2.05) is 0 Å². The summed E-state index contributed by atoms with van der Waals surface area (Å²) in [4.78, 5) is 38.4. The quantitative estimate of drug-likeness (QED) is 0.0261. The number of hydrogen-bond acceptors (Lipinski definition) is 6. The first kappa shape index (κ1) is 75.8. The normalized spacial score (nSPS) is 12.5. The third-order valence-corrected chi connectivity index (χ3v) is 15.2. The maximum atomic E-state index is 12.9. The fourth-order valence-corrected chi connectivity index (χ4v) is 10.1. The monoisotopic (exact) mass is 1100 g/mol. The topological polar surface area (TPSA) is 78.9 Å². The zero-order valence-electron chi connectivity index (χ0n) is 52.6. The minimum atomic E-state index is -0.775. The minimum absolute atomic E-state index is 0.0712. The Morgan fingerprint density at radius 2 is 0.494 bits per heavy atom. The maximum absolute atomic E-state index is 12.9. The number of rotatable bonds is 63. The van der Waals surface area contributed by atoms with E-state index in [9.17, 15) is 14.4 Å². The molecular weight excluding hydrogens is 973 g/mol. The van der Waals surface area contributed by atoms with Gasteiger partial charge in [0.05, 0.1) is 0 Å². The molecule has 0 spiro atoms. The molecule has 0 aliphatic carbocycles. The van der Waals surface area contributed by atoms with Crippen molar-refractivity contribution in [1.29, 1.82) is 0 Å². The lowest BCUT2D eigenvalue weighted by atomic mass is 10.0. The predicted octanol–water partition coefficient (Wildman–Crippen LogP) is 23.7. The highest BCUT2D eigenvalue weighted by atomic mass is 16.6. The highest BCUT2D eigenvalue weighted by Gasteiger charge is 2.19. The largest absolute Gasteiger partial charge is 0.462 e. The second kappa shape index (κ2) is 67.4. The minimum Gasteiger partial charge on any atom is -0.462 e. The average Bonchev–Trinajstić information content (AvgIpc) is 3.45. The second-order valence-electron chi connectivity index (χ2n) is 23.1. The van der Waals surface area contributed by atoms with Crippen LogP contribution in [0.1, 0.15) is 355 Å². The summed E-state index contributed by atoms with van der Waals surface area (Å²) in [5.41, 5.74) is 0. The molecule has 0 aromatic heterocycles. The number of ether oxygens (including phenoxy) is 3. The van der Waals surface area contributed by atoms with Gasteiger partial charge in [-0.25, -0.2) is 0 Å². The summed E-state index contributed by atoms with van der Waals surface area (Å²) in [5.74, 6) is -0.854. The lowest BCUT2D eigenvalue weighted by Crippen LogP contribution is -2.30. The van der Waals surface area contributed by atoms with Gasteiger partial charge in [-0.2, -0.15) is 0 Å². The van der Waals surface area contributed by atoms with Crippen LogP contribution < -0.4 is 0 Å². The Bertz CT molecular complexity index is 1450. The molecule has 0 aromatic carbocycles. The Hall–Kier alpha value is -3.15. The van der Waals surface area contributed by atoms with Crippen molar-refractivity contribution >= 4 is 17.9 Å². The molecule has 0 fully saturated rings. The van der Waals surface area contributed by atoms with E-state index >= 15 is 0 Å². The zero-order valence-corrected chi connectivity index (χ0v) is 52.6. The van der Waals surface area contributed by atoms with Crippen LogP contribution in [0.15, 0.2) is 72.9 Å². The second-order valence-corrected chi connectivity index (χ2v) is 23.1. The smallest absolute Gasteiger partial charge is 0.306 e. The molecule has 458 valence electrons. The van der Waals surface area contributed by atoms with Crippen LogP contribution in [-0.4, -0.2) is 37.2 Å². The number of carbonyl (C=O) groups is 3. The predicted molar refractivity (Wildman–Crippen MR) is 344 cm³/mol. The summed E-state index contributed by atoms with van der Waals surface area (Å²) in [6, 6.07) is 0. The van der Waals surface area contributed by atoms with Crippen molar-refractivity contribution < 1.29 is 28.6 Å². The van der Waals surface area contributed by atoms with E-state index in [1.54, 1.807) is 0 Å². The first-order valence-corrected chi connectivity index (χ1v) is 34.4. The van der Waals surface area contributed by atoms with Gasteiger partial charge in [0.2, 0.25) is 0 Å². The molecule has 0 aliphatic heterocycles. The lowest BCUT2D eigenvalue weighted by molar-refractivity contribution is -0.167. The van der Waals surface area contributed by atoms with Crippen LogP contribution in [0.4, 0.5) is 0 Å². The van der Waals surface area contributed by atoms with Crippen molar-refractivity contribution in [1.82, 2.24) is 0 Å². The number of hydrogen-bond donors (Lipinski definition) is 0. The molecule has 0 aliphatic rings. The van der Waals surface area contributed by atoms with Gasteiger partial charge in [-0.1, -0.05) is 318 Å². The zero-order chi connectivity index (χ0) is 57.1. The van der Waals surface area contributed by atoms with E-state index < -0.39 is 6.10 Å². The van der Waals surface area contributed by atoms with Crippen molar-refractivity contribution in [2.24, 2.45) is 0 Å². The van der Waals surface area contributed by atoms with Gasteiger partial charge in [0.15, 0.2) is 6.10 Å². The van der Waals surface area contributed by atoms with Crippen molar-refractivity contribution in [3.8, 4) is 0 Å². The molecule has 0 bridgehead atoms. The van der Waals surface area contributed by atoms with Crippen LogP contribution >= 0.6 is 0 Å². The molecule has 0 radical (unpaired) electrons. The third-order valence-electron chi connectivity index (χ3n) is 15.2. The Morgan fingerprint density at radius 1 is 0.266 bits per heavy atom. The summed E-state index contributed by atoms with van der Waals surface area (Å²) in [6.07, 6.45) is 87.8. The Labute approximate surface area is 491 Å². The fraction of sp³-hybridized carbons (Fsp3) is 0.795. The summed E-state index contributed by atoms with van der Waals surface area (Å²) in [7, 11) is 0. The van der Waals surface area contributed by atoms with Gasteiger partial charge in [-0.05, 0) is 89.9 Å². The Balaban J connectivity index is 4.24. The number of allylic oxidation sites excluding steroid dienone is 12. The van der Waals surface area contributed by atoms with Gasteiger partial charge in [0.1, 0.15) is 13.2 Å². The number of unbranched alkanes of at least 4 members (excludes halogenated alkanes) is 40. The molecule has 0 aromatic rings. The van der Waals surface area contributed by atoms with Crippen LogP contribution in [0.25, 0.3) is 0 Å². The van der Waals surface area contributed by atoms with Crippen LogP contribution in [0.3, 0.4) is 0 Å². The first-order chi connectivity index (χ1) is 39.0. The number of esters is 3. The van der Waals surface area contributed by atoms with Crippen molar-refractivity contribution in [2.75, 3.05) is 13.2 Å². The molecule has 0 N–H and O–H groups in total.